The Morgan fingerprint density at radius 1 is 0.771 bits per heavy atom. The zero-order chi connectivity index (χ0) is 24.3. The molecule has 5 rings (SSSR count). The smallest absolute Gasteiger partial charge is 0.214 e. The summed E-state index contributed by atoms with van der Waals surface area (Å²) in [5.41, 5.74) is 4.79. The summed E-state index contributed by atoms with van der Waals surface area (Å²) < 4.78 is 6.01. The van der Waals surface area contributed by atoms with Gasteiger partial charge >= 0.3 is 0 Å². The molecule has 5 aromatic rings. The van der Waals surface area contributed by atoms with Crippen LogP contribution in [0.1, 0.15) is 26.3 Å². The molecule has 0 saturated carbocycles. The first-order valence-electron chi connectivity index (χ1n) is 11.8. The molecule has 0 unspecified atom stereocenters. The number of aromatic nitrogens is 3. The molecule has 2 aromatic heterocycles. The fourth-order valence-corrected chi connectivity index (χ4v) is 4.11. The van der Waals surface area contributed by atoms with Crippen LogP contribution in [0.5, 0.6) is 5.88 Å². The Labute approximate surface area is 205 Å². The Morgan fingerprint density at radius 3 is 2.26 bits per heavy atom. The van der Waals surface area contributed by atoms with Gasteiger partial charge in [0.1, 0.15) is 11.3 Å². The molecular weight excluding hydrogens is 432 g/mol. The minimum Gasteiger partial charge on any atom is -0.472 e. The molecule has 174 valence electrons. The zero-order valence-electron chi connectivity index (χ0n) is 20.2. The fourth-order valence-electron chi connectivity index (χ4n) is 4.11. The van der Waals surface area contributed by atoms with Gasteiger partial charge in [-0.15, -0.1) is 10.2 Å². The Hall–Kier alpha value is -4.25. The van der Waals surface area contributed by atoms with Crippen LogP contribution in [-0.4, -0.2) is 20.8 Å². The van der Waals surface area contributed by atoms with Gasteiger partial charge in [-0.1, -0.05) is 78.9 Å². The second kappa shape index (κ2) is 9.55. The van der Waals surface area contributed by atoms with Crippen LogP contribution in [0.4, 0.5) is 5.82 Å². The van der Waals surface area contributed by atoms with E-state index < -0.39 is 0 Å². The monoisotopic (exact) mass is 460 g/mol. The number of rotatable bonds is 6. The predicted molar refractivity (Wildman–Crippen MR) is 142 cm³/mol. The second-order valence-electron chi connectivity index (χ2n) is 9.43. The maximum Gasteiger partial charge on any atom is 0.214 e. The number of fused-ring (bicyclic) bond motifs is 1. The number of anilines is 1. The number of hydrogen-bond donors (Lipinski definition) is 1. The van der Waals surface area contributed by atoms with E-state index in [1.54, 1.807) is 6.20 Å². The largest absolute Gasteiger partial charge is 0.472 e. The zero-order valence-corrected chi connectivity index (χ0v) is 20.2. The molecule has 0 radical (unpaired) electrons. The maximum absolute atomic E-state index is 6.01. The summed E-state index contributed by atoms with van der Waals surface area (Å²) in [5, 5.41) is 14.9. The third-order valence-corrected chi connectivity index (χ3v) is 5.61. The van der Waals surface area contributed by atoms with Gasteiger partial charge in [0.2, 0.25) is 5.88 Å². The van der Waals surface area contributed by atoms with Crippen molar-refractivity contribution in [2.75, 3.05) is 5.32 Å². The highest BCUT2D eigenvalue weighted by Gasteiger charge is 2.18. The summed E-state index contributed by atoms with van der Waals surface area (Å²) in [6, 6.07) is 30.9. The highest BCUT2D eigenvalue weighted by molar-refractivity contribution is 6.08. The van der Waals surface area contributed by atoms with E-state index in [4.69, 9.17) is 4.74 Å². The van der Waals surface area contributed by atoms with Crippen molar-refractivity contribution < 1.29 is 4.74 Å². The third kappa shape index (κ3) is 5.14. The summed E-state index contributed by atoms with van der Waals surface area (Å²) in [5.74, 6) is 1.32. The van der Waals surface area contributed by atoms with E-state index in [-0.39, 0.29) is 5.60 Å². The minimum atomic E-state index is -0.342. The number of benzene rings is 3. The molecule has 0 aliphatic heterocycles. The van der Waals surface area contributed by atoms with Gasteiger partial charge in [-0.3, -0.25) is 0 Å². The minimum absolute atomic E-state index is 0.342. The van der Waals surface area contributed by atoms with Crippen molar-refractivity contribution in [1.29, 1.82) is 0 Å². The first-order valence-corrected chi connectivity index (χ1v) is 11.8. The van der Waals surface area contributed by atoms with Crippen molar-refractivity contribution in [1.82, 2.24) is 15.2 Å². The van der Waals surface area contributed by atoms with Crippen LogP contribution in [0.15, 0.2) is 97.2 Å². The number of nitrogens with zero attached hydrogens (tertiary/aromatic N) is 3. The van der Waals surface area contributed by atoms with Gasteiger partial charge in [0.25, 0.3) is 0 Å². The molecule has 0 aliphatic carbocycles. The average Bonchev–Trinajstić information content (AvgIpc) is 2.87. The molecule has 1 N–H and O–H groups in total. The first kappa shape index (κ1) is 22.5. The molecule has 35 heavy (non-hydrogen) atoms. The van der Waals surface area contributed by atoms with Crippen LogP contribution in [0, 0.1) is 0 Å². The number of hydrogen-bond acceptors (Lipinski definition) is 5. The van der Waals surface area contributed by atoms with Crippen LogP contribution in [-0.2, 0) is 6.54 Å². The average molecular weight is 461 g/mol. The summed E-state index contributed by atoms with van der Waals surface area (Å²) in [6.07, 6.45) is 1.76. The van der Waals surface area contributed by atoms with Gasteiger partial charge in [-0.2, -0.15) is 0 Å². The van der Waals surface area contributed by atoms with E-state index in [1.807, 2.05) is 57.2 Å². The highest BCUT2D eigenvalue weighted by Crippen LogP contribution is 2.37. The molecule has 0 fully saturated rings. The number of nitrogens with one attached hydrogen (secondary N) is 1. The molecule has 3 aromatic carbocycles. The van der Waals surface area contributed by atoms with Crippen LogP contribution in [0.2, 0.25) is 0 Å². The summed E-state index contributed by atoms with van der Waals surface area (Å²) in [4.78, 5) is 4.39. The van der Waals surface area contributed by atoms with Gasteiger partial charge in [-0.25, -0.2) is 4.98 Å². The van der Waals surface area contributed by atoms with E-state index in [0.29, 0.717) is 12.4 Å². The van der Waals surface area contributed by atoms with E-state index in [2.05, 4.69) is 75.1 Å². The van der Waals surface area contributed by atoms with E-state index in [9.17, 15) is 0 Å². The summed E-state index contributed by atoms with van der Waals surface area (Å²) in [7, 11) is 0. The Kier molecular flexibility index (Phi) is 6.15. The molecule has 0 spiro atoms. The van der Waals surface area contributed by atoms with Gasteiger partial charge in [0, 0.05) is 35.1 Å². The number of pyridine rings is 1. The van der Waals surface area contributed by atoms with Crippen molar-refractivity contribution in [2.45, 2.75) is 32.9 Å². The fraction of sp³-hybridized carbons (Fsp3) is 0.167. The van der Waals surface area contributed by atoms with Crippen LogP contribution in [0.25, 0.3) is 33.2 Å². The van der Waals surface area contributed by atoms with Crippen LogP contribution >= 0.6 is 0 Å². The molecule has 5 nitrogen and oxygen atoms in total. The predicted octanol–water partition coefficient (Wildman–Crippen LogP) is 7.15. The Morgan fingerprint density at radius 2 is 1.51 bits per heavy atom. The SMILES string of the molecule is CC(C)(C)Oc1cc(-c2nnc(NCc3ccccc3)c3c(-c4ccccc4)cccc23)ccn1. The lowest BCUT2D eigenvalue weighted by Crippen LogP contribution is -2.23. The third-order valence-electron chi connectivity index (χ3n) is 5.61. The first-order chi connectivity index (χ1) is 17.0. The standard InChI is InChI=1S/C30H28N4O/c1-30(2,3)35-26-19-23(17-18-31-26)28-25-16-10-15-24(22-13-8-5-9-14-22)27(25)29(34-33-28)32-20-21-11-6-4-7-12-21/h4-19H,20H2,1-3H3,(H,32,34). The quantitative estimate of drug-likeness (QED) is 0.292. The van der Waals surface area contributed by atoms with E-state index in [0.717, 1.165) is 39.0 Å². The molecule has 0 amide bonds. The summed E-state index contributed by atoms with van der Waals surface area (Å²) in [6.45, 7) is 6.69. The van der Waals surface area contributed by atoms with Crippen LogP contribution in [0.3, 0.4) is 0 Å². The van der Waals surface area contributed by atoms with E-state index >= 15 is 0 Å². The molecule has 0 atom stereocenters. The van der Waals surface area contributed by atoms with Crippen molar-refractivity contribution in [2.24, 2.45) is 0 Å². The Balaban J connectivity index is 1.65. The molecule has 0 bridgehead atoms. The molecule has 5 heteroatoms. The molecule has 0 saturated heterocycles. The van der Waals surface area contributed by atoms with Gasteiger partial charge in [-0.05, 0) is 43.5 Å². The van der Waals surface area contributed by atoms with E-state index in [1.165, 1.54) is 5.56 Å². The lowest BCUT2D eigenvalue weighted by molar-refractivity contribution is 0.124. The number of ether oxygens (including phenoxy) is 1. The van der Waals surface area contributed by atoms with Crippen molar-refractivity contribution in [3.63, 3.8) is 0 Å². The van der Waals surface area contributed by atoms with Crippen molar-refractivity contribution in [3.05, 3.63) is 103 Å². The second-order valence-corrected chi connectivity index (χ2v) is 9.43. The Bertz CT molecular complexity index is 1440. The molecule has 2 heterocycles. The van der Waals surface area contributed by atoms with Crippen molar-refractivity contribution >= 4 is 16.6 Å². The lowest BCUT2D eigenvalue weighted by atomic mass is 9.96. The van der Waals surface area contributed by atoms with Gasteiger partial charge in [0.05, 0.1) is 0 Å². The topological polar surface area (TPSA) is 59.9 Å². The van der Waals surface area contributed by atoms with Gasteiger partial charge < -0.3 is 10.1 Å². The van der Waals surface area contributed by atoms with Gasteiger partial charge in [0.15, 0.2) is 5.82 Å². The van der Waals surface area contributed by atoms with Crippen LogP contribution < -0.4 is 10.1 Å². The highest BCUT2D eigenvalue weighted by atomic mass is 16.5. The maximum atomic E-state index is 6.01. The molecular formula is C30H28N4O. The molecule has 0 aliphatic rings. The normalized spacial score (nSPS) is 11.4. The van der Waals surface area contributed by atoms with Crippen molar-refractivity contribution in [3.8, 4) is 28.3 Å². The lowest BCUT2D eigenvalue weighted by Gasteiger charge is -2.20. The summed E-state index contributed by atoms with van der Waals surface area (Å²) >= 11 is 0.